The second kappa shape index (κ2) is 5.95. The van der Waals surface area contributed by atoms with Crippen LogP contribution in [0.4, 0.5) is 0 Å². The third kappa shape index (κ3) is 3.30. The molecule has 1 unspecified atom stereocenters. The van der Waals surface area contributed by atoms with Crippen molar-refractivity contribution in [3.8, 4) is 5.75 Å². The first kappa shape index (κ1) is 14.4. The number of likely N-dealkylation sites (tertiary alicyclic amines) is 1. The number of phenols is 1. The molecule has 19 heavy (non-hydrogen) atoms. The number of amides is 1. The van der Waals surface area contributed by atoms with Crippen molar-refractivity contribution < 1.29 is 9.90 Å². The molecule has 1 atom stereocenters. The Morgan fingerprint density at radius 2 is 2.05 bits per heavy atom. The molecule has 0 aliphatic carbocycles. The lowest BCUT2D eigenvalue weighted by Gasteiger charge is -2.33. The molecule has 0 spiro atoms. The molecule has 0 aromatic heterocycles. The van der Waals surface area contributed by atoms with Crippen LogP contribution in [0.1, 0.15) is 35.7 Å². The molecule has 1 N–H and O–H groups in total. The number of aromatic hydroxyl groups is 1. The van der Waals surface area contributed by atoms with Gasteiger partial charge in [-0.1, -0.05) is 22.9 Å². The quantitative estimate of drug-likeness (QED) is 0.847. The Morgan fingerprint density at radius 1 is 1.42 bits per heavy atom. The topological polar surface area (TPSA) is 40.5 Å². The van der Waals surface area contributed by atoms with E-state index < -0.39 is 0 Å². The number of rotatable bonds is 2. The van der Waals surface area contributed by atoms with Crippen LogP contribution in [0.3, 0.4) is 0 Å². The maximum absolute atomic E-state index is 12.4. The highest BCUT2D eigenvalue weighted by Gasteiger charge is 2.26. The Labute approximate surface area is 122 Å². The van der Waals surface area contributed by atoms with Gasteiger partial charge in [-0.3, -0.25) is 4.79 Å². The summed E-state index contributed by atoms with van der Waals surface area (Å²) in [5.74, 6) is 0.948. The largest absolute Gasteiger partial charge is 0.508 e. The van der Waals surface area contributed by atoms with Gasteiger partial charge in [0, 0.05) is 23.5 Å². The zero-order valence-electron chi connectivity index (χ0n) is 11.4. The predicted molar refractivity (Wildman–Crippen MR) is 79.9 cm³/mol. The van der Waals surface area contributed by atoms with Gasteiger partial charge >= 0.3 is 0 Å². The van der Waals surface area contributed by atoms with Gasteiger partial charge < -0.3 is 10.0 Å². The second-order valence-electron chi connectivity index (χ2n) is 5.31. The lowest BCUT2D eigenvalue weighted by Crippen LogP contribution is -2.40. The first-order chi connectivity index (χ1) is 8.99. The fourth-order valence-electron chi connectivity index (χ4n) is 2.62. The van der Waals surface area contributed by atoms with Gasteiger partial charge in [0.1, 0.15) is 5.75 Å². The van der Waals surface area contributed by atoms with Crippen molar-refractivity contribution >= 4 is 21.8 Å². The maximum Gasteiger partial charge on any atom is 0.254 e. The SMILES string of the molecule is Cc1cc(O)ccc1C(=O)N1CCC(C(C)Br)CC1. The molecule has 1 aliphatic heterocycles. The number of aryl methyl sites for hydroxylation is 1. The Hall–Kier alpha value is -1.03. The molecule has 1 saturated heterocycles. The van der Waals surface area contributed by atoms with E-state index in [0.717, 1.165) is 31.5 Å². The predicted octanol–water partition coefficient (Wildman–Crippen LogP) is 3.34. The molecule has 1 fully saturated rings. The van der Waals surface area contributed by atoms with Gasteiger partial charge in [-0.25, -0.2) is 0 Å². The van der Waals surface area contributed by atoms with Crippen LogP contribution in [0.25, 0.3) is 0 Å². The van der Waals surface area contributed by atoms with Gasteiger partial charge in [0.15, 0.2) is 0 Å². The van der Waals surface area contributed by atoms with Crippen LogP contribution < -0.4 is 0 Å². The third-order valence-electron chi connectivity index (χ3n) is 3.92. The summed E-state index contributed by atoms with van der Waals surface area (Å²) in [5.41, 5.74) is 1.53. The molecule has 0 saturated carbocycles. The standard InChI is InChI=1S/C15H20BrNO2/c1-10-9-13(18)3-4-14(10)15(19)17-7-5-12(6-8-17)11(2)16/h3-4,9,11-12,18H,5-8H2,1-2H3. The van der Waals surface area contributed by atoms with Crippen molar-refractivity contribution in [3.63, 3.8) is 0 Å². The van der Waals surface area contributed by atoms with E-state index in [0.29, 0.717) is 16.3 Å². The Morgan fingerprint density at radius 3 is 2.58 bits per heavy atom. The van der Waals surface area contributed by atoms with Gasteiger partial charge in [0.2, 0.25) is 0 Å². The second-order valence-corrected chi connectivity index (χ2v) is 6.75. The number of alkyl halides is 1. The Kier molecular flexibility index (Phi) is 4.50. The molecular formula is C15H20BrNO2. The lowest BCUT2D eigenvalue weighted by atomic mass is 9.93. The molecule has 1 aromatic carbocycles. The average Bonchev–Trinajstić information content (AvgIpc) is 2.38. The first-order valence-corrected chi connectivity index (χ1v) is 7.63. The van der Waals surface area contributed by atoms with Crippen molar-refractivity contribution in [2.24, 2.45) is 5.92 Å². The molecule has 0 bridgehead atoms. The number of phenolic OH excluding ortho intramolecular Hbond substituents is 1. The summed E-state index contributed by atoms with van der Waals surface area (Å²) in [6, 6.07) is 4.93. The summed E-state index contributed by atoms with van der Waals surface area (Å²) in [6.45, 7) is 5.67. The van der Waals surface area contributed by atoms with E-state index in [9.17, 15) is 9.90 Å². The summed E-state index contributed by atoms with van der Waals surface area (Å²) in [6.07, 6.45) is 2.10. The number of nitrogens with zero attached hydrogens (tertiary/aromatic N) is 1. The Bertz CT molecular complexity index is 465. The number of hydrogen-bond donors (Lipinski definition) is 1. The van der Waals surface area contributed by atoms with Crippen molar-refractivity contribution in [1.82, 2.24) is 4.90 Å². The van der Waals surface area contributed by atoms with E-state index in [1.807, 2.05) is 11.8 Å². The summed E-state index contributed by atoms with van der Waals surface area (Å²) < 4.78 is 0. The van der Waals surface area contributed by atoms with E-state index in [1.54, 1.807) is 18.2 Å². The van der Waals surface area contributed by atoms with Crippen molar-refractivity contribution in [2.45, 2.75) is 31.5 Å². The number of carbonyl (C=O) groups is 1. The molecule has 1 aromatic rings. The minimum absolute atomic E-state index is 0.0816. The molecule has 2 rings (SSSR count). The van der Waals surface area contributed by atoms with E-state index >= 15 is 0 Å². The highest BCUT2D eigenvalue weighted by molar-refractivity contribution is 9.09. The van der Waals surface area contributed by atoms with E-state index in [4.69, 9.17) is 0 Å². The van der Waals surface area contributed by atoms with Crippen LogP contribution in [0.15, 0.2) is 18.2 Å². The van der Waals surface area contributed by atoms with E-state index in [2.05, 4.69) is 22.9 Å². The normalized spacial score (nSPS) is 18.4. The summed E-state index contributed by atoms with van der Waals surface area (Å²) in [5, 5.41) is 9.40. The van der Waals surface area contributed by atoms with Gasteiger partial charge in [-0.05, 0) is 49.4 Å². The fourth-order valence-corrected chi connectivity index (χ4v) is 3.15. The molecule has 1 amide bonds. The van der Waals surface area contributed by atoms with E-state index in [1.165, 1.54) is 0 Å². The minimum atomic E-state index is 0.0816. The highest BCUT2D eigenvalue weighted by atomic mass is 79.9. The smallest absolute Gasteiger partial charge is 0.254 e. The number of carbonyl (C=O) groups excluding carboxylic acids is 1. The van der Waals surface area contributed by atoms with Crippen LogP contribution in [-0.2, 0) is 0 Å². The summed E-state index contributed by atoms with van der Waals surface area (Å²) in [7, 11) is 0. The van der Waals surface area contributed by atoms with Crippen LogP contribution in [0, 0.1) is 12.8 Å². The van der Waals surface area contributed by atoms with E-state index in [-0.39, 0.29) is 11.7 Å². The molecule has 3 nitrogen and oxygen atoms in total. The molecule has 4 heteroatoms. The maximum atomic E-state index is 12.4. The monoisotopic (exact) mass is 325 g/mol. The highest BCUT2D eigenvalue weighted by Crippen LogP contribution is 2.26. The number of halogens is 1. The first-order valence-electron chi connectivity index (χ1n) is 6.72. The molecular weight excluding hydrogens is 306 g/mol. The zero-order chi connectivity index (χ0) is 14.0. The summed E-state index contributed by atoms with van der Waals surface area (Å²) >= 11 is 3.63. The van der Waals surface area contributed by atoms with Crippen molar-refractivity contribution in [1.29, 1.82) is 0 Å². The lowest BCUT2D eigenvalue weighted by molar-refractivity contribution is 0.0691. The Balaban J connectivity index is 2.05. The molecule has 0 radical (unpaired) electrons. The van der Waals surface area contributed by atoms with Gasteiger partial charge in [-0.2, -0.15) is 0 Å². The van der Waals surface area contributed by atoms with Crippen LogP contribution in [0.5, 0.6) is 5.75 Å². The average molecular weight is 326 g/mol. The number of benzene rings is 1. The van der Waals surface area contributed by atoms with Gasteiger partial charge in [0.05, 0.1) is 0 Å². The molecule has 1 heterocycles. The van der Waals surface area contributed by atoms with Gasteiger partial charge in [-0.15, -0.1) is 0 Å². The summed E-state index contributed by atoms with van der Waals surface area (Å²) in [4.78, 5) is 14.9. The van der Waals surface area contributed by atoms with Crippen molar-refractivity contribution in [3.05, 3.63) is 29.3 Å². The van der Waals surface area contributed by atoms with Crippen LogP contribution >= 0.6 is 15.9 Å². The van der Waals surface area contributed by atoms with Gasteiger partial charge in [0.25, 0.3) is 5.91 Å². The van der Waals surface area contributed by atoms with Crippen LogP contribution in [-0.4, -0.2) is 33.8 Å². The van der Waals surface area contributed by atoms with Crippen LogP contribution in [0.2, 0.25) is 0 Å². The minimum Gasteiger partial charge on any atom is -0.508 e. The zero-order valence-corrected chi connectivity index (χ0v) is 13.0. The molecule has 1 aliphatic rings. The van der Waals surface area contributed by atoms with Crippen molar-refractivity contribution in [2.75, 3.05) is 13.1 Å². The number of hydrogen-bond acceptors (Lipinski definition) is 2. The molecule has 104 valence electrons. The number of piperidine rings is 1. The third-order valence-corrected chi connectivity index (χ3v) is 4.66. The fraction of sp³-hybridized carbons (Fsp3) is 0.533.